The quantitative estimate of drug-likeness (QED) is 0.533. The molecule has 0 heterocycles. The molecule has 0 bridgehead atoms. The normalized spacial score (nSPS) is 23.3. The molecule has 1 aliphatic carbocycles. The molecular formula is C14H24O4. The third-order valence-corrected chi connectivity index (χ3v) is 3.65. The van der Waals surface area contributed by atoms with Crippen molar-refractivity contribution in [1.29, 1.82) is 0 Å². The minimum Gasteiger partial charge on any atom is -0.463 e. The maximum atomic E-state index is 11.8. The molecule has 1 N–H and O–H groups in total. The van der Waals surface area contributed by atoms with Crippen LogP contribution in [0.1, 0.15) is 51.9 Å². The number of esters is 1. The lowest BCUT2D eigenvalue weighted by atomic mass is 9.88. The van der Waals surface area contributed by atoms with E-state index in [2.05, 4.69) is 6.92 Å². The Labute approximate surface area is 109 Å². The summed E-state index contributed by atoms with van der Waals surface area (Å²) in [5.41, 5.74) is 0. The molecule has 1 rings (SSSR count). The van der Waals surface area contributed by atoms with Gasteiger partial charge >= 0.3 is 5.97 Å². The standard InChI is InChI=1S/C14H24O4/c1-2-3-4-5-12-11(6-7-13(12)16)10-14(17)18-9-8-15/h11-12,15H,2-10H2,1H3. The first-order valence-corrected chi connectivity index (χ1v) is 6.98. The number of hydrogen-bond acceptors (Lipinski definition) is 4. The number of Topliss-reactive ketones (excluding diaryl/α,β-unsaturated/α-hetero) is 1. The average Bonchev–Trinajstić information content (AvgIpc) is 2.69. The van der Waals surface area contributed by atoms with Crippen molar-refractivity contribution in [3.63, 3.8) is 0 Å². The van der Waals surface area contributed by atoms with Crippen LogP contribution in [0.15, 0.2) is 0 Å². The molecule has 2 atom stereocenters. The maximum Gasteiger partial charge on any atom is 0.306 e. The number of rotatable bonds is 8. The lowest BCUT2D eigenvalue weighted by Crippen LogP contribution is -2.20. The van der Waals surface area contributed by atoms with E-state index >= 15 is 0 Å². The summed E-state index contributed by atoms with van der Waals surface area (Å²) in [6.07, 6.45) is 6.00. The third kappa shape index (κ3) is 4.77. The highest BCUT2D eigenvalue weighted by atomic mass is 16.5. The number of carbonyl (C=O) groups is 2. The summed E-state index contributed by atoms with van der Waals surface area (Å²) < 4.78 is 4.86. The molecule has 0 radical (unpaired) electrons. The van der Waals surface area contributed by atoms with E-state index in [1.54, 1.807) is 0 Å². The second-order valence-corrected chi connectivity index (χ2v) is 5.02. The molecule has 18 heavy (non-hydrogen) atoms. The number of carbonyl (C=O) groups excluding carboxylic acids is 2. The Balaban J connectivity index is 2.37. The number of hydrogen-bond donors (Lipinski definition) is 1. The highest BCUT2D eigenvalue weighted by molar-refractivity contribution is 5.84. The monoisotopic (exact) mass is 256 g/mol. The van der Waals surface area contributed by atoms with Crippen molar-refractivity contribution in [1.82, 2.24) is 0 Å². The fraction of sp³-hybridized carbons (Fsp3) is 0.857. The number of ether oxygens (including phenoxy) is 1. The average molecular weight is 256 g/mol. The van der Waals surface area contributed by atoms with Gasteiger partial charge in [-0.2, -0.15) is 0 Å². The SMILES string of the molecule is CCCCCC1C(=O)CCC1CC(=O)OCCO. The van der Waals surface area contributed by atoms with E-state index in [9.17, 15) is 9.59 Å². The molecule has 104 valence electrons. The number of aliphatic hydroxyl groups excluding tert-OH is 1. The van der Waals surface area contributed by atoms with Crippen LogP contribution >= 0.6 is 0 Å². The highest BCUT2D eigenvalue weighted by Gasteiger charge is 2.35. The summed E-state index contributed by atoms with van der Waals surface area (Å²) in [7, 11) is 0. The number of aliphatic hydroxyl groups is 1. The fourth-order valence-corrected chi connectivity index (χ4v) is 2.66. The van der Waals surface area contributed by atoms with E-state index in [1.165, 1.54) is 0 Å². The van der Waals surface area contributed by atoms with Crippen LogP contribution in [0, 0.1) is 11.8 Å². The number of ketones is 1. The minimum atomic E-state index is -0.288. The molecule has 2 unspecified atom stereocenters. The first-order chi connectivity index (χ1) is 8.69. The van der Waals surface area contributed by atoms with Crippen LogP contribution in [0.4, 0.5) is 0 Å². The molecule has 4 heteroatoms. The van der Waals surface area contributed by atoms with Gasteiger partial charge in [0.15, 0.2) is 0 Å². The van der Waals surface area contributed by atoms with E-state index in [1.807, 2.05) is 0 Å². The Hall–Kier alpha value is -0.900. The molecule has 0 saturated heterocycles. The van der Waals surface area contributed by atoms with Crippen molar-refractivity contribution in [2.45, 2.75) is 51.9 Å². The first-order valence-electron chi connectivity index (χ1n) is 6.98. The molecule has 0 spiro atoms. The van der Waals surface area contributed by atoms with Crippen molar-refractivity contribution < 1.29 is 19.4 Å². The summed E-state index contributed by atoms with van der Waals surface area (Å²) in [6.45, 7) is 2.05. The summed E-state index contributed by atoms with van der Waals surface area (Å²) in [4.78, 5) is 23.3. The van der Waals surface area contributed by atoms with Crippen LogP contribution in [-0.2, 0) is 14.3 Å². The predicted octanol–water partition coefficient (Wildman–Crippen LogP) is 2.09. The second kappa shape index (κ2) is 8.25. The van der Waals surface area contributed by atoms with Gasteiger partial charge in [-0.15, -0.1) is 0 Å². The second-order valence-electron chi connectivity index (χ2n) is 5.02. The molecular weight excluding hydrogens is 232 g/mol. The molecule has 0 aromatic carbocycles. The molecule has 0 aromatic heterocycles. The summed E-state index contributed by atoms with van der Waals surface area (Å²) >= 11 is 0. The van der Waals surface area contributed by atoms with Gasteiger partial charge in [-0.1, -0.05) is 26.2 Å². The molecule has 0 aromatic rings. The lowest BCUT2D eigenvalue weighted by molar-refractivity contribution is -0.146. The van der Waals surface area contributed by atoms with Gasteiger partial charge in [0.1, 0.15) is 12.4 Å². The summed E-state index contributed by atoms with van der Waals surface area (Å²) in [5.74, 6) is 0.231. The Morgan fingerprint density at radius 2 is 2.22 bits per heavy atom. The molecule has 1 saturated carbocycles. The van der Waals surface area contributed by atoms with Gasteiger partial charge in [0, 0.05) is 18.8 Å². The van der Waals surface area contributed by atoms with Crippen LogP contribution in [0.2, 0.25) is 0 Å². The highest BCUT2D eigenvalue weighted by Crippen LogP contribution is 2.35. The zero-order valence-electron chi connectivity index (χ0n) is 11.2. The Morgan fingerprint density at radius 3 is 2.89 bits per heavy atom. The van der Waals surface area contributed by atoms with Crippen LogP contribution in [0.5, 0.6) is 0 Å². The minimum absolute atomic E-state index is 0.0539. The van der Waals surface area contributed by atoms with Gasteiger partial charge in [-0.25, -0.2) is 0 Å². The van der Waals surface area contributed by atoms with Crippen LogP contribution in [0.3, 0.4) is 0 Å². The smallest absolute Gasteiger partial charge is 0.306 e. The van der Waals surface area contributed by atoms with Crippen LogP contribution < -0.4 is 0 Å². The van der Waals surface area contributed by atoms with E-state index in [0.717, 1.165) is 32.1 Å². The third-order valence-electron chi connectivity index (χ3n) is 3.65. The van der Waals surface area contributed by atoms with Crippen molar-refractivity contribution in [2.75, 3.05) is 13.2 Å². The van der Waals surface area contributed by atoms with Crippen molar-refractivity contribution in [3.8, 4) is 0 Å². The van der Waals surface area contributed by atoms with E-state index < -0.39 is 0 Å². The van der Waals surface area contributed by atoms with E-state index in [4.69, 9.17) is 9.84 Å². The molecule has 0 amide bonds. The zero-order valence-corrected chi connectivity index (χ0v) is 11.2. The zero-order chi connectivity index (χ0) is 13.4. The van der Waals surface area contributed by atoms with Crippen molar-refractivity contribution in [2.24, 2.45) is 11.8 Å². The molecule has 1 fully saturated rings. The van der Waals surface area contributed by atoms with Crippen LogP contribution in [0.25, 0.3) is 0 Å². The Bertz CT molecular complexity index is 275. The largest absolute Gasteiger partial charge is 0.463 e. The first kappa shape index (κ1) is 15.2. The Morgan fingerprint density at radius 1 is 1.44 bits per heavy atom. The van der Waals surface area contributed by atoms with Crippen LogP contribution in [-0.4, -0.2) is 30.1 Å². The van der Waals surface area contributed by atoms with Gasteiger partial charge in [0.2, 0.25) is 0 Å². The predicted molar refractivity (Wildman–Crippen MR) is 68.0 cm³/mol. The van der Waals surface area contributed by atoms with Gasteiger partial charge in [0.05, 0.1) is 6.61 Å². The molecule has 0 aliphatic heterocycles. The van der Waals surface area contributed by atoms with E-state index in [-0.39, 0.29) is 31.0 Å². The van der Waals surface area contributed by atoms with Crippen molar-refractivity contribution >= 4 is 11.8 Å². The van der Waals surface area contributed by atoms with Crippen molar-refractivity contribution in [3.05, 3.63) is 0 Å². The molecule has 4 nitrogen and oxygen atoms in total. The van der Waals surface area contributed by atoms with Gasteiger partial charge in [-0.05, 0) is 18.8 Å². The maximum absolute atomic E-state index is 11.8. The summed E-state index contributed by atoms with van der Waals surface area (Å²) in [5, 5.41) is 8.58. The fourth-order valence-electron chi connectivity index (χ4n) is 2.66. The van der Waals surface area contributed by atoms with Gasteiger partial charge < -0.3 is 9.84 Å². The van der Waals surface area contributed by atoms with Gasteiger partial charge in [0.25, 0.3) is 0 Å². The van der Waals surface area contributed by atoms with Gasteiger partial charge in [-0.3, -0.25) is 9.59 Å². The topological polar surface area (TPSA) is 63.6 Å². The lowest BCUT2D eigenvalue weighted by Gasteiger charge is -2.17. The summed E-state index contributed by atoms with van der Waals surface area (Å²) in [6, 6.07) is 0. The van der Waals surface area contributed by atoms with E-state index in [0.29, 0.717) is 18.6 Å². The number of unbranched alkanes of at least 4 members (excludes halogenated alkanes) is 2. The molecule has 1 aliphatic rings. The Kier molecular flexibility index (Phi) is 6.94.